The summed E-state index contributed by atoms with van der Waals surface area (Å²) in [5, 5.41) is 1.93. The largest absolute Gasteiger partial charge is 0.437 e. The third-order valence-electron chi connectivity index (χ3n) is 8.23. The molecule has 3 nitrogen and oxygen atoms in total. The number of para-hydroxylation sites is 1. The van der Waals surface area contributed by atoms with E-state index in [0.717, 1.165) is 53.3 Å². The van der Waals surface area contributed by atoms with Crippen LogP contribution in [0.3, 0.4) is 0 Å². The molecule has 0 aliphatic heterocycles. The molecule has 4 aromatic rings. The highest BCUT2D eigenvalue weighted by Gasteiger charge is 2.33. The topological polar surface area (TPSA) is 38.9 Å². The first-order chi connectivity index (χ1) is 16.9. The molecule has 0 saturated heterocycles. The van der Waals surface area contributed by atoms with Crippen molar-refractivity contribution in [1.29, 1.82) is 0 Å². The molecule has 0 N–H and O–H groups in total. The molecule has 0 bridgehead atoms. The van der Waals surface area contributed by atoms with Gasteiger partial charge >= 0.3 is 0 Å². The van der Waals surface area contributed by atoms with Crippen LogP contribution in [0.25, 0.3) is 33.3 Å². The van der Waals surface area contributed by atoms with Crippen LogP contribution in [-0.2, 0) is 11.8 Å². The highest BCUT2D eigenvalue weighted by molar-refractivity contribution is 6.08. The number of benzene rings is 1. The second-order valence-electron chi connectivity index (χ2n) is 10.6. The Kier molecular flexibility index (Phi) is 4.69. The van der Waals surface area contributed by atoms with Crippen molar-refractivity contribution in [2.24, 2.45) is 11.8 Å². The van der Waals surface area contributed by atoms with Gasteiger partial charge in [0.15, 0.2) is 0 Å². The Bertz CT molecular complexity index is 1380. The second kappa shape index (κ2) is 8.27. The molecule has 0 unspecified atom stereocenters. The van der Waals surface area contributed by atoms with E-state index in [2.05, 4.69) is 44.2 Å². The van der Waals surface area contributed by atoms with Gasteiger partial charge in [-0.1, -0.05) is 64.5 Å². The van der Waals surface area contributed by atoms with Crippen LogP contribution in [0.5, 0.6) is 0 Å². The lowest BCUT2D eigenvalue weighted by Crippen LogP contribution is -2.26. The van der Waals surface area contributed by atoms with E-state index >= 15 is 0 Å². The van der Waals surface area contributed by atoms with Gasteiger partial charge in [-0.15, -0.1) is 0 Å². The third kappa shape index (κ3) is 3.76. The van der Waals surface area contributed by atoms with Crippen LogP contribution >= 0.6 is 0 Å². The van der Waals surface area contributed by atoms with E-state index in [-0.39, 0.29) is 11.3 Å². The third-order valence-corrected chi connectivity index (χ3v) is 8.23. The van der Waals surface area contributed by atoms with E-state index < -0.39 is 6.37 Å². The van der Waals surface area contributed by atoms with Gasteiger partial charge < -0.3 is 4.42 Å². The summed E-state index contributed by atoms with van der Waals surface area (Å²) < 4.78 is 23.9. The molecular weight excluding hydrogens is 404 g/mol. The lowest BCUT2D eigenvalue weighted by Gasteiger charge is -2.32. The second-order valence-corrected chi connectivity index (χ2v) is 10.6. The molecular formula is C30H34N2O. The number of furan rings is 1. The van der Waals surface area contributed by atoms with Gasteiger partial charge in [0.25, 0.3) is 0 Å². The van der Waals surface area contributed by atoms with E-state index in [1.54, 1.807) is 0 Å². The summed E-state index contributed by atoms with van der Waals surface area (Å²) in [6, 6.07) is 14.4. The van der Waals surface area contributed by atoms with Gasteiger partial charge in [0.1, 0.15) is 5.58 Å². The molecule has 2 aliphatic rings. The van der Waals surface area contributed by atoms with E-state index in [0.29, 0.717) is 17.3 Å². The minimum Gasteiger partial charge on any atom is -0.437 e. The Morgan fingerprint density at radius 2 is 1.76 bits per heavy atom. The monoisotopic (exact) mass is 440 g/mol. The fraction of sp³-hybridized carbons (Fsp3) is 0.467. The Hall–Kier alpha value is -2.68. The molecule has 0 atom stereocenters. The molecule has 1 aromatic carbocycles. The van der Waals surface area contributed by atoms with Gasteiger partial charge in [-0.3, -0.25) is 4.98 Å². The van der Waals surface area contributed by atoms with Crippen molar-refractivity contribution in [3.8, 4) is 11.3 Å². The molecule has 0 radical (unpaired) electrons. The van der Waals surface area contributed by atoms with Crippen LogP contribution in [0.2, 0.25) is 0 Å². The van der Waals surface area contributed by atoms with Crippen molar-refractivity contribution in [1.82, 2.24) is 9.97 Å². The number of hydrogen-bond donors (Lipinski definition) is 0. The number of hydrogen-bond acceptors (Lipinski definition) is 3. The number of aromatic nitrogens is 2. The van der Waals surface area contributed by atoms with E-state index in [1.165, 1.54) is 31.2 Å². The fourth-order valence-corrected chi connectivity index (χ4v) is 6.10. The first-order valence-electron chi connectivity index (χ1n) is 13.7. The lowest BCUT2D eigenvalue weighted by molar-refractivity contribution is 0.325. The highest BCUT2D eigenvalue weighted by atomic mass is 16.3. The molecule has 170 valence electrons. The fourth-order valence-electron chi connectivity index (χ4n) is 6.10. The maximum atomic E-state index is 8.76. The average molecular weight is 441 g/mol. The predicted molar refractivity (Wildman–Crippen MR) is 135 cm³/mol. The summed E-state index contributed by atoms with van der Waals surface area (Å²) in [6.45, 7) is 4.74. The van der Waals surface area contributed by atoms with Crippen molar-refractivity contribution in [2.45, 2.75) is 77.0 Å². The van der Waals surface area contributed by atoms with Crippen molar-refractivity contribution in [3.63, 3.8) is 0 Å². The minimum absolute atomic E-state index is 0.0301. The normalized spacial score (nSPS) is 19.5. The molecule has 2 aliphatic carbocycles. The SMILES string of the molecule is [2H]C([2H])(c1ccc2c(n1)oc1c(-c3cc(C(C)(C)C4CCCC4)ccn3)cccc12)C1CCCC1. The lowest BCUT2D eigenvalue weighted by atomic mass is 9.72. The van der Waals surface area contributed by atoms with E-state index in [9.17, 15) is 0 Å². The zero-order valence-corrected chi connectivity index (χ0v) is 19.7. The van der Waals surface area contributed by atoms with Crippen molar-refractivity contribution in [3.05, 3.63) is 59.9 Å². The average Bonchev–Trinajstić information content (AvgIpc) is 3.64. The van der Waals surface area contributed by atoms with Gasteiger partial charge in [-0.05, 0) is 72.4 Å². The molecule has 2 saturated carbocycles. The number of pyridine rings is 2. The quantitative estimate of drug-likeness (QED) is 0.314. The van der Waals surface area contributed by atoms with Crippen LogP contribution in [0.15, 0.2) is 53.1 Å². The molecule has 3 aromatic heterocycles. The summed E-state index contributed by atoms with van der Waals surface area (Å²) in [5.41, 5.74) is 5.08. The first kappa shape index (κ1) is 18.7. The molecule has 2 fully saturated rings. The van der Waals surface area contributed by atoms with Crippen LogP contribution in [0, 0.1) is 11.8 Å². The minimum atomic E-state index is -1.44. The smallest absolute Gasteiger partial charge is 0.227 e. The van der Waals surface area contributed by atoms with Crippen LogP contribution in [0.1, 0.15) is 79.2 Å². The number of rotatable bonds is 5. The van der Waals surface area contributed by atoms with Crippen molar-refractivity contribution in [2.75, 3.05) is 0 Å². The van der Waals surface area contributed by atoms with Crippen LogP contribution in [0.4, 0.5) is 0 Å². The predicted octanol–water partition coefficient (Wildman–Crippen LogP) is 8.24. The Morgan fingerprint density at radius 1 is 0.970 bits per heavy atom. The number of nitrogens with zero attached hydrogens (tertiary/aromatic N) is 2. The van der Waals surface area contributed by atoms with Gasteiger partial charge in [-0.25, -0.2) is 4.98 Å². The van der Waals surface area contributed by atoms with Crippen molar-refractivity contribution >= 4 is 22.1 Å². The van der Waals surface area contributed by atoms with Crippen LogP contribution < -0.4 is 0 Å². The first-order valence-corrected chi connectivity index (χ1v) is 12.7. The maximum Gasteiger partial charge on any atom is 0.227 e. The van der Waals surface area contributed by atoms with E-state index in [4.69, 9.17) is 17.1 Å². The number of fused-ring (bicyclic) bond motifs is 3. The standard InChI is InChI=1S/C30H34N2O/c1-30(2,21-10-5-6-11-21)22-16-17-31-27(19-22)26-13-7-12-24-25-15-14-23(18-20-8-3-4-9-20)32-29(25)33-28(24)26/h7,12-17,19-21H,3-6,8-11,18H2,1-2H3/i18D2. The van der Waals surface area contributed by atoms with Gasteiger partial charge in [-0.2, -0.15) is 0 Å². The molecule has 6 rings (SSSR count). The van der Waals surface area contributed by atoms with Gasteiger partial charge in [0, 0.05) is 31.0 Å². The maximum absolute atomic E-state index is 8.76. The highest BCUT2D eigenvalue weighted by Crippen LogP contribution is 2.43. The van der Waals surface area contributed by atoms with E-state index in [1.807, 2.05) is 18.3 Å². The molecule has 3 heteroatoms. The molecule has 33 heavy (non-hydrogen) atoms. The Balaban J connectivity index is 1.43. The van der Waals surface area contributed by atoms with Gasteiger partial charge in [0.05, 0.1) is 5.69 Å². The molecule has 0 amide bonds. The zero-order valence-electron chi connectivity index (χ0n) is 21.7. The Labute approximate surface area is 199 Å². The van der Waals surface area contributed by atoms with Crippen molar-refractivity contribution < 1.29 is 7.16 Å². The summed E-state index contributed by atoms with van der Waals surface area (Å²) in [7, 11) is 0. The summed E-state index contributed by atoms with van der Waals surface area (Å²) in [4.78, 5) is 9.45. The Morgan fingerprint density at radius 3 is 2.58 bits per heavy atom. The van der Waals surface area contributed by atoms with Gasteiger partial charge in [0.2, 0.25) is 5.71 Å². The zero-order chi connectivity index (χ0) is 24.2. The molecule has 3 heterocycles. The summed E-state index contributed by atoms with van der Waals surface area (Å²) in [6.07, 6.45) is 9.80. The molecule has 0 spiro atoms. The summed E-state index contributed by atoms with van der Waals surface area (Å²) in [5.74, 6) is 0.736. The summed E-state index contributed by atoms with van der Waals surface area (Å²) >= 11 is 0. The van der Waals surface area contributed by atoms with Crippen LogP contribution in [-0.4, -0.2) is 9.97 Å².